The Morgan fingerprint density at radius 1 is 1.30 bits per heavy atom. The molecule has 1 aromatic heterocycles. The minimum atomic E-state index is -0.975. The van der Waals surface area contributed by atoms with Gasteiger partial charge in [0, 0.05) is 31.9 Å². The molecule has 2 aliphatic heterocycles. The van der Waals surface area contributed by atoms with Crippen LogP contribution in [0.3, 0.4) is 0 Å². The van der Waals surface area contributed by atoms with Crippen molar-refractivity contribution in [2.75, 3.05) is 31.6 Å². The standard InChI is InChI=1S/C29H38FN3O4/c1-29(12-13-29)37-19-21-7-9-22(30)17-25(21)26(28(34)35)33-15-11-24(18-33)36-16-3-2-6-23-10-8-20-5-4-14-31-27(20)32-23/h7-10,17,24,26H,2-6,11-16,18-19H2,1H3,(H,31,32)(H,34,35)/t24-,26+/m1/s1. The van der Waals surface area contributed by atoms with E-state index in [1.54, 1.807) is 6.07 Å². The molecule has 3 heterocycles. The lowest BCUT2D eigenvalue weighted by atomic mass is 9.99. The van der Waals surface area contributed by atoms with E-state index in [4.69, 9.17) is 14.5 Å². The number of aromatic nitrogens is 1. The summed E-state index contributed by atoms with van der Waals surface area (Å²) in [7, 11) is 0. The number of pyridine rings is 1. The highest BCUT2D eigenvalue weighted by molar-refractivity contribution is 5.76. The number of aryl methyl sites for hydroxylation is 2. The highest BCUT2D eigenvalue weighted by atomic mass is 19.1. The SMILES string of the molecule is CC1(OCc2ccc(F)cc2[C@@H](C(=O)O)N2CC[C@@H](OCCCCc3ccc4c(n3)NCCC4)C2)CC1. The number of ether oxygens (including phenoxy) is 2. The third-order valence-corrected chi connectivity index (χ3v) is 7.84. The van der Waals surface area contributed by atoms with Gasteiger partial charge in [0.1, 0.15) is 17.7 Å². The number of carbonyl (C=O) groups is 1. The molecule has 2 atom stereocenters. The summed E-state index contributed by atoms with van der Waals surface area (Å²) >= 11 is 0. The minimum absolute atomic E-state index is 0.0217. The number of carboxylic acid groups (broad SMARTS) is 1. The van der Waals surface area contributed by atoms with Crippen LogP contribution in [0.25, 0.3) is 0 Å². The number of carboxylic acids is 1. The zero-order chi connectivity index (χ0) is 25.8. The Bertz CT molecular complexity index is 1110. The molecule has 5 rings (SSSR count). The van der Waals surface area contributed by atoms with E-state index >= 15 is 0 Å². The molecule has 0 radical (unpaired) electrons. The third kappa shape index (κ3) is 6.67. The molecule has 1 aliphatic carbocycles. The monoisotopic (exact) mass is 511 g/mol. The zero-order valence-corrected chi connectivity index (χ0v) is 21.7. The summed E-state index contributed by atoms with van der Waals surface area (Å²) in [6, 6.07) is 7.79. The maximum Gasteiger partial charge on any atom is 0.325 e. The lowest BCUT2D eigenvalue weighted by Crippen LogP contribution is -2.34. The Labute approximate surface area is 218 Å². The van der Waals surface area contributed by atoms with Crippen LogP contribution in [0.2, 0.25) is 0 Å². The summed E-state index contributed by atoms with van der Waals surface area (Å²) < 4.78 is 26.3. The number of anilines is 1. The number of benzene rings is 1. The maximum absolute atomic E-state index is 14.2. The Kier molecular flexibility index (Phi) is 8.07. The summed E-state index contributed by atoms with van der Waals surface area (Å²) in [5, 5.41) is 13.5. The summed E-state index contributed by atoms with van der Waals surface area (Å²) in [5.41, 5.74) is 3.49. The lowest BCUT2D eigenvalue weighted by Gasteiger charge is -2.27. The number of nitrogens with zero attached hydrogens (tertiary/aromatic N) is 2. The van der Waals surface area contributed by atoms with Crippen LogP contribution in [0.1, 0.15) is 73.9 Å². The quantitative estimate of drug-likeness (QED) is 0.393. The van der Waals surface area contributed by atoms with Gasteiger partial charge in [-0.3, -0.25) is 9.69 Å². The first-order valence-corrected chi connectivity index (χ1v) is 13.6. The molecule has 0 amide bonds. The zero-order valence-electron chi connectivity index (χ0n) is 21.7. The Morgan fingerprint density at radius 2 is 2.16 bits per heavy atom. The molecule has 2 aromatic rings. The summed E-state index contributed by atoms with van der Waals surface area (Å²) in [6.45, 7) is 5.08. The average molecular weight is 512 g/mol. The van der Waals surface area contributed by atoms with Crippen molar-refractivity contribution in [3.05, 3.63) is 58.5 Å². The van der Waals surface area contributed by atoms with Gasteiger partial charge in [-0.2, -0.15) is 0 Å². The van der Waals surface area contributed by atoms with E-state index in [1.807, 2.05) is 11.8 Å². The first kappa shape index (κ1) is 26.1. The van der Waals surface area contributed by atoms with E-state index < -0.39 is 17.8 Å². The topological polar surface area (TPSA) is 83.9 Å². The van der Waals surface area contributed by atoms with Crippen molar-refractivity contribution in [1.29, 1.82) is 0 Å². The van der Waals surface area contributed by atoms with Crippen LogP contribution in [0.5, 0.6) is 0 Å². The number of fused-ring (bicyclic) bond motifs is 1. The molecule has 0 spiro atoms. The number of rotatable bonds is 12. The second-order valence-corrected chi connectivity index (χ2v) is 10.9. The van der Waals surface area contributed by atoms with Crippen LogP contribution < -0.4 is 5.32 Å². The fourth-order valence-electron chi connectivity index (χ4n) is 5.30. The molecular weight excluding hydrogens is 473 g/mol. The van der Waals surface area contributed by atoms with Gasteiger partial charge in [-0.15, -0.1) is 0 Å². The van der Waals surface area contributed by atoms with E-state index in [1.165, 1.54) is 17.7 Å². The molecule has 7 nitrogen and oxygen atoms in total. The van der Waals surface area contributed by atoms with Crippen LogP contribution in [0, 0.1) is 5.82 Å². The predicted octanol–water partition coefficient (Wildman–Crippen LogP) is 4.89. The minimum Gasteiger partial charge on any atom is -0.480 e. The number of aliphatic carboxylic acids is 1. The lowest BCUT2D eigenvalue weighted by molar-refractivity contribution is -0.143. The van der Waals surface area contributed by atoms with E-state index in [-0.39, 0.29) is 11.7 Å². The second kappa shape index (κ2) is 11.5. The number of nitrogens with one attached hydrogen (secondary N) is 1. The normalized spacial score (nSPS) is 21.3. The van der Waals surface area contributed by atoms with E-state index in [2.05, 4.69) is 17.4 Å². The number of halogens is 1. The molecule has 37 heavy (non-hydrogen) atoms. The second-order valence-electron chi connectivity index (χ2n) is 10.9. The number of hydrogen-bond donors (Lipinski definition) is 2. The van der Waals surface area contributed by atoms with Crippen LogP contribution in [-0.2, 0) is 33.7 Å². The van der Waals surface area contributed by atoms with Crippen molar-refractivity contribution in [2.45, 2.75) is 82.6 Å². The Hall–Kier alpha value is -2.55. The first-order valence-electron chi connectivity index (χ1n) is 13.6. The predicted molar refractivity (Wildman–Crippen MR) is 139 cm³/mol. The fourth-order valence-corrected chi connectivity index (χ4v) is 5.30. The average Bonchev–Trinajstić information content (AvgIpc) is 3.45. The van der Waals surface area contributed by atoms with Crippen LogP contribution >= 0.6 is 0 Å². The van der Waals surface area contributed by atoms with Gasteiger partial charge in [-0.1, -0.05) is 12.1 Å². The molecule has 1 saturated carbocycles. The van der Waals surface area contributed by atoms with Crippen LogP contribution in [-0.4, -0.2) is 58.9 Å². The summed E-state index contributed by atoms with van der Waals surface area (Å²) in [5.74, 6) is -0.371. The molecule has 2 N–H and O–H groups in total. The first-order chi connectivity index (χ1) is 17.9. The molecule has 0 bridgehead atoms. The molecular formula is C29H38FN3O4. The van der Waals surface area contributed by atoms with Gasteiger partial charge in [0.05, 0.1) is 18.3 Å². The largest absolute Gasteiger partial charge is 0.480 e. The molecule has 1 aromatic carbocycles. The van der Waals surface area contributed by atoms with Gasteiger partial charge in [0.15, 0.2) is 0 Å². The van der Waals surface area contributed by atoms with Crippen molar-refractivity contribution in [2.24, 2.45) is 0 Å². The van der Waals surface area contributed by atoms with E-state index in [0.29, 0.717) is 31.9 Å². The van der Waals surface area contributed by atoms with Gasteiger partial charge in [-0.25, -0.2) is 9.37 Å². The molecule has 2 fully saturated rings. The highest BCUT2D eigenvalue weighted by Gasteiger charge is 2.39. The number of hydrogen-bond acceptors (Lipinski definition) is 6. The molecule has 200 valence electrons. The summed E-state index contributed by atoms with van der Waals surface area (Å²) in [6.07, 6.45) is 7.83. The van der Waals surface area contributed by atoms with Gasteiger partial charge in [0.2, 0.25) is 0 Å². The van der Waals surface area contributed by atoms with Gasteiger partial charge in [0.25, 0.3) is 0 Å². The van der Waals surface area contributed by atoms with Gasteiger partial charge in [-0.05, 0) is 93.2 Å². The van der Waals surface area contributed by atoms with Crippen molar-refractivity contribution in [1.82, 2.24) is 9.88 Å². The van der Waals surface area contributed by atoms with Crippen molar-refractivity contribution >= 4 is 11.8 Å². The van der Waals surface area contributed by atoms with Crippen LogP contribution in [0.15, 0.2) is 30.3 Å². The smallest absolute Gasteiger partial charge is 0.325 e. The van der Waals surface area contributed by atoms with E-state index in [9.17, 15) is 14.3 Å². The number of likely N-dealkylation sites (tertiary alicyclic amines) is 1. The van der Waals surface area contributed by atoms with Crippen LogP contribution in [0.4, 0.5) is 10.2 Å². The van der Waals surface area contributed by atoms with Crippen molar-refractivity contribution in [3.63, 3.8) is 0 Å². The van der Waals surface area contributed by atoms with Crippen molar-refractivity contribution < 1.29 is 23.8 Å². The number of unbranched alkanes of at least 4 members (excludes halogenated alkanes) is 1. The van der Waals surface area contributed by atoms with Gasteiger partial charge < -0.3 is 19.9 Å². The Balaban J connectivity index is 1.11. The maximum atomic E-state index is 14.2. The third-order valence-electron chi connectivity index (χ3n) is 7.84. The summed E-state index contributed by atoms with van der Waals surface area (Å²) in [4.78, 5) is 19.0. The fraction of sp³-hybridized carbons (Fsp3) is 0.586. The molecule has 0 unspecified atom stereocenters. The van der Waals surface area contributed by atoms with Gasteiger partial charge >= 0.3 is 5.97 Å². The molecule has 3 aliphatic rings. The van der Waals surface area contributed by atoms with E-state index in [0.717, 1.165) is 75.0 Å². The molecule has 8 heteroatoms. The van der Waals surface area contributed by atoms with Crippen molar-refractivity contribution in [3.8, 4) is 0 Å². The molecule has 1 saturated heterocycles. The highest BCUT2D eigenvalue weighted by Crippen LogP contribution is 2.40. The Morgan fingerprint density at radius 3 is 2.97 bits per heavy atom.